The highest BCUT2D eigenvalue weighted by Crippen LogP contribution is 2.26. The van der Waals surface area contributed by atoms with E-state index in [1.54, 1.807) is 42.5 Å². The minimum atomic E-state index is -0.719. The van der Waals surface area contributed by atoms with Crippen LogP contribution in [0.1, 0.15) is 22.8 Å². The summed E-state index contributed by atoms with van der Waals surface area (Å²) in [6, 6.07) is 12.0. The molecule has 1 N–H and O–H groups in total. The van der Waals surface area contributed by atoms with Crippen molar-refractivity contribution >= 4 is 12.1 Å². The van der Waals surface area contributed by atoms with Gasteiger partial charge in [0.2, 0.25) is 0 Å². The molecule has 0 bridgehead atoms. The molecule has 0 aliphatic heterocycles. The quantitative estimate of drug-likeness (QED) is 0.436. The van der Waals surface area contributed by atoms with Crippen LogP contribution in [0.5, 0.6) is 17.2 Å². The van der Waals surface area contributed by atoms with Gasteiger partial charge in [0, 0.05) is 29.6 Å². The maximum Gasteiger partial charge on any atom is 0.275 e. The van der Waals surface area contributed by atoms with E-state index in [0.717, 1.165) is 6.20 Å². The predicted molar refractivity (Wildman–Crippen MR) is 115 cm³/mol. The molecule has 0 atom stereocenters. The second-order valence-electron chi connectivity index (χ2n) is 6.35. The summed E-state index contributed by atoms with van der Waals surface area (Å²) in [5.74, 6) is 0.423. The van der Waals surface area contributed by atoms with Crippen LogP contribution in [-0.2, 0) is 0 Å². The second-order valence-corrected chi connectivity index (χ2v) is 6.35. The Balaban J connectivity index is 1.77. The Bertz CT molecular complexity index is 1060. The molecule has 160 valence electrons. The predicted octanol–water partition coefficient (Wildman–Crippen LogP) is 4.07. The van der Waals surface area contributed by atoms with E-state index in [-0.39, 0.29) is 11.1 Å². The lowest BCUT2D eigenvalue weighted by Crippen LogP contribution is -2.19. The van der Waals surface area contributed by atoms with E-state index in [0.29, 0.717) is 35.0 Å². The van der Waals surface area contributed by atoms with Gasteiger partial charge < -0.3 is 14.2 Å². The van der Waals surface area contributed by atoms with Gasteiger partial charge >= 0.3 is 0 Å². The number of ether oxygens (including phenoxy) is 3. The molecule has 0 radical (unpaired) electrons. The van der Waals surface area contributed by atoms with E-state index < -0.39 is 11.7 Å². The molecule has 0 unspecified atom stereocenters. The summed E-state index contributed by atoms with van der Waals surface area (Å²) < 4.78 is 30.8. The fourth-order valence-corrected chi connectivity index (χ4v) is 2.83. The van der Waals surface area contributed by atoms with Crippen LogP contribution < -0.4 is 19.6 Å². The van der Waals surface area contributed by atoms with Crippen molar-refractivity contribution < 1.29 is 23.4 Å². The zero-order valence-corrected chi connectivity index (χ0v) is 17.4. The van der Waals surface area contributed by atoms with E-state index in [1.807, 2.05) is 6.92 Å². The van der Waals surface area contributed by atoms with Crippen molar-refractivity contribution in [3.05, 3.63) is 71.8 Å². The Kier molecular flexibility index (Phi) is 7.16. The lowest BCUT2D eigenvalue weighted by molar-refractivity contribution is 0.0951. The summed E-state index contributed by atoms with van der Waals surface area (Å²) in [7, 11) is 3.06. The molecule has 0 fully saturated rings. The Labute approximate surface area is 179 Å². The molecule has 0 saturated heterocycles. The van der Waals surface area contributed by atoms with Gasteiger partial charge in [-0.1, -0.05) is 12.1 Å². The van der Waals surface area contributed by atoms with E-state index in [1.165, 1.54) is 26.6 Å². The third-order valence-corrected chi connectivity index (χ3v) is 4.35. The molecule has 3 aromatic rings. The maximum absolute atomic E-state index is 15.0. The van der Waals surface area contributed by atoms with Gasteiger partial charge in [0.25, 0.3) is 5.91 Å². The average molecular weight is 423 g/mol. The highest BCUT2D eigenvalue weighted by molar-refractivity contribution is 5.96. The SMILES string of the molecule is CCOc1ccc(-c2cncc(C(=O)N/N=C/c3cc(OC)cc(OC)c3)c2F)cc1. The van der Waals surface area contributed by atoms with Crippen LogP contribution in [0.15, 0.2) is 60.0 Å². The van der Waals surface area contributed by atoms with E-state index in [4.69, 9.17) is 14.2 Å². The first kappa shape index (κ1) is 21.8. The number of aromatic nitrogens is 1. The first-order chi connectivity index (χ1) is 15.0. The van der Waals surface area contributed by atoms with Gasteiger partial charge in [-0.2, -0.15) is 5.10 Å². The lowest BCUT2D eigenvalue weighted by atomic mass is 10.0. The number of hydrogen-bond donors (Lipinski definition) is 1. The van der Waals surface area contributed by atoms with Crippen LogP contribution in [0.25, 0.3) is 11.1 Å². The van der Waals surface area contributed by atoms with Crippen molar-refractivity contribution in [2.75, 3.05) is 20.8 Å². The fraction of sp³-hybridized carbons (Fsp3) is 0.174. The molecule has 0 spiro atoms. The van der Waals surface area contributed by atoms with Gasteiger partial charge in [-0.05, 0) is 36.8 Å². The summed E-state index contributed by atoms with van der Waals surface area (Å²) in [5.41, 5.74) is 3.52. The van der Waals surface area contributed by atoms with Crippen molar-refractivity contribution in [1.82, 2.24) is 10.4 Å². The van der Waals surface area contributed by atoms with Gasteiger partial charge in [0.15, 0.2) is 0 Å². The van der Waals surface area contributed by atoms with Crippen LogP contribution >= 0.6 is 0 Å². The normalized spacial score (nSPS) is 10.7. The number of rotatable bonds is 8. The number of nitrogens with zero attached hydrogens (tertiary/aromatic N) is 2. The molecule has 0 saturated carbocycles. The van der Waals surface area contributed by atoms with Crippen LogP contribution in [0.4, 0.5) is 4.39 Å². The summed E-state index contributed by atoms with van der Waals surface area (Å²) in [6.07, 6.45) is 3.94. The third-order valence-electron chi connectivity index (χ3n) is 4.35. The topological polar surface area (TPSA) is 82.0 Å². The van der Waals surface area contributed by atoms with Crippen LogP contribution in [0, 0.1) is 5.82 Å². The van der Waals surface area contributed by atoms with Crippen LogP contribution in [0.3, 0.4) is 0 Å². The molecule has 31 heavy (non-hydrogen) atoms. The smallest absolute Gasteiger partial charge is 0.275 e. The first-order valence-corrected chi connectivity index (χ1v) is 9.49. The number of pyridine rings is 1. The van der Waals surface area contributed by atoms with Crippen molar-refractivity contribution in [3.63, 3.8) is 0 Å². The Morgan fingerprint density at radius 3 is 2.35 bits per heavy atom. The summed E-state index contributed by atoms with van der Waals surface area (Å²) in [5, 5.41) is 3.90. The van der Waals surface area contributed by atoms with Crippen LogP contribution in [-0.4, -0.2) is 37.9 Å². The van der Waals surface area contributed by atoms with Crippen molar-refractivity contribution in [2.24, 2.45) is 5.10 Å². The number of hydrogen-bond acceptors (Lipinski definition) is 6. The molecule has 1 amide bonds. The largest absolute Gasteiger partial charge is 0.497 e. The summed E-state index contributed by atoms with van der Waals surface area (Å²) in [4.78, 5) is 16.4. The van der Waals surface area contributed by atoms with E-state index in [9.17, 15) is 9.18 Å². The molecular weight excluding hydrogens is 401 g/mol. The standard InChI is InChI=1S/C23H22FN3O4/c1-4-31-17-7-5-16(6-8-17)20-13-25-14-21(22(20)24)23(28)27-26-12-15-9-18(29-2)11-19(10-15)30-3/h5-14H,4H2,1-3H3,(H,27,28)/b26-12+. The van der Waals surface area contributed by atoms with Gasteiger partial charge in [-0.15, -0.1) is 0 Å². The number of benzene rings is 2. The molecule has 1 heterocycles. The number of methoxy groups -OCH3 is 2. The molecule has 0 aliphatic carbocycles. The molecule has 7 nitrogen and oxygen atoms in total. The number of hydrazone groups is 1. The van der Waals surface area contributed by atoms with Crippen LogP contribution in [0.2, 0.25) is 0 Å². The van der Waals surface area contributed by atoms with E-state index in [2.05, 4.69) is 15.5 Å². The van der Waals surface area contributed by atoms with Gasteiger partial charge in [-0.3, -0.25) is 9.78 Å². The molecule has 2 aromatic carbocycles. The minimum absolute atomic E-state index is 0.206. The summed E-state index contributed by atoms with van der Waals surface area (Å²) >= 11 is 0. The number of carbonyl (C=O) groups excluding carboxylic acids is 1. The van der Waals surface area contributed by atoms with Crippen molar-refractivity contribution in [3.8, 4) is 28.4 Å². The molecular formula is C23H22FN3O4. The molecule has 8 heteroatoms. The Morgan fingerprint density at radius 1 is 1.06 bits per heavy atom. The number of amides is 1. The van der Waals surface area contributed by atoms with Crippen molar-refractivity contribution in [1.29, 1.82) is 0 Å². The van der Waals surface area contributed by atoms with Gasteiger partial charge in [0.05, 0.1) is 32.6 Å². The summed E-state index contributed by atoms with van der Waals surface area (Å²) in [6.45, 7) is 2.42. The van der Waals surface area contributed by atoms with E-state index >= 15 is 0 Å². The molecule has 0 aliphatic rings. The average Bonchev–Trinajstić information content (AvgIpc) is 2.79. The highest BCUT2D eigenvalue weighted by atomic mass is 19.1. The molecule has 3 rings (SSSR count). The third kappa shape index (κ3) is 5.36. The van der Waals surface area contributed by atoms with Crippen molar-refractivity contribution in [2.45, 2.75) is 6.92 Å². The zero-order chi connectivity index (χ0) is 22.2. The minimum Gasteiger partial charge on any atom is -0.497 e. The zero-order valence-electron chi connectivity index (χ0n) is 17.4. The fourth-order valence-electron chi connectivity index (χ4n) is 2.83. The lowest BCUT2D eigenvalue weighted by Gasteiger charge is -2.08. The van der Waals surface area contributed by atoms with Gasteiger partial charge in [0.1, 0.15) is 23.1 Å². The first-order valence-electron chi connectivity index (χ1n) is 9.49. The Morgan fingerprint density at radius 2 is 1.74 bits per heavy atom. The maximum atomic E-state index is 15.0. The number of carbonyl (C=O) groups is 1. The number of halogens is 1. The van der Waals surface area contributed by atoms with Gasteiger partial charge in [-0.25, -0.2) is 9.82 Å². The Hall–Kier alpha value is -3.94. The highest BCUT2D eigenvalue weighted by Gasteiger charge is 2.16. The number of nitrogens with one attached hydrogen (secondary N) is 1. The second kappa shape index (κ2) is 10.2. The monoisotopic (exact) mass is 423 g/mol. The molecule has 1 aromatic heterocycles.